The Morgan fingerprint density at radius 1 is 0.260 bits per heavy atom. The lowest BCUT2D eigenvalue weighted by Gasteiger charge is -2.18. The van der Waals surface area contributed by atoms with Crippen LogP contribution in [-0.4, -0.2) is 37.2 Å². The maximum Gasteiger partial charge on any atom is 0.306 e. The Morgan fingerprint density at radius 2 is 0.481 bits per heavy atom. The smallest absolute Gasteiger partial charge is 0.306 e. The van der Waals surface area contributed by atoms with E-state index in [0.29, 0.717) is 19.3 Å². The summed E-state index contributed by atoms with van der Waals surface area (Å²) < 4.78 is 16.8. The van der Waals surface area contributed by atoms with E-state index in [4.69, 9.17) is 14.2 Å². The molecule has 1 unspecified atom stereocenters. The minimum absolute atomic E-state index is 0.138. The first-order valence-corrected chi connectivity index (χ1v) is 29.9. The van der Waals surface area contributed by atoms with Gasteiger partial charge in [-0.1, -0.05) is 241 Å². The molecule has 0 radical (unpaired) electrons. The Kier molecular flexibility index (Phi) is 58.1. The number of ether oxygens (including phenoxy) is 3. The van der Waals surface area contributed by atoms with E-state index in [1.807, 2.05) is 0 Å². The van der Waals surface area contributed by atoms with Crippen molar-refractivity contribution in [3.8, 4) is 0 Å². The van der Waals surface area contributed by atoms with Crippen LogP contribution in [0.3, 0.4) is 0 Å². The largest absolute Gasteiger partial charge is 0.462 e. The van der Waals surface area contributed by atoms with Crippen LogP contribution in [0.25, 0.3) is 0 Å². The monoisotopic (exact) mass is 1050 g/mol. The van der Waals surface area contributed by atoms with Gasteiger partial charge in [-0.3, -0.25) is 14.4 Å². The lowest BCUT2D eigenvalue weighted by molar-refractivity contribution is -0.167. The first kappa shape index (κ1) is 71.2. The number of unbranched alkanes of at least 4 members (excludes halogenated alkanes) is 8. The second-order valence-corrected chi connectivity index (χ2v) is 18.8. The Labute approximate surface area is 471 Å². The summed E-state index contributed by atoms with van der Waals surface area (Å²) in [5.74, 6) is -1.08. The van der Waals surface area contributed by atoms with Gasteiger partial charge in [-0.2, -0.15) is 0 Å². The summed E-state index contributed by atoms with van der Waals surface area (Å²) in [4.78, 5) is 38.2. The summed E-state index contributed by atoms with van der Waals surface area (Å²) in [5, 5.41) is 0. The van der Waals surface area contributed by atoms with Crippen LogP contribution in [0.15, 0.2) is 194 Å². The highest BCUT2D eigenvalue weighted by atomic mass is 16.6. The van der Waals surface area contributed by atoms with Crippen molar-refractivity contribution in [1.82, 2.24) is 0 Å². The Bertz CT molecular complexity index is 1880. The fourth-order valence-electron chi connectivity index (χ4n) is 7.22. The molecule has 1 atom stereocenters. The van der Waals surface area contributed by atoms with Crippen LogP contribution in [0, 0.1) is 0 Å². The summed E-state index contributed by atoms with van der Waals surface area (Å²) in [7, 11) is 0. The van der Waals surface area contributed by atoms with Crippen molar-refractivity contribution in [2.45, 2.75) is 219 Å². The summed E-state index contributed by atoms with van der Waals surface area (Å²) in [6.07, 6.45) is 95.8. The molecular weight excluding hydrogens is 949 g/mol. The lowest BCUT2D eigenvalue weighted by Crippen LogP contribution is -2.30. The van der Waals surface area contributed by atoms with E-state index in [1.165, 1.54) is 12.8 Å². The zero-order chi connectivity index (χ0) is 55.7. The van der Waals surface area contributed by atoms with Crippen LogP contribution in [0.1, 0.15) is 213 Å². The molecule has 0 saturated carbocycles. The van der Waals surface area contributed by atoms with Crippen LogP contribution in [0.2, 0.25) is 0 Å². The molecule has 6 nitrogen and oxygen atoms in total. The van der Waals surface area contributed by atoms with E-state index in [0.717, 1.165) is 148 Å². The maximum atomic E-state index is 12.9. The quantitative estimate of drug-likeness (QED) is 0.0261. The highest BCUT2D eigenvalue weighted by molar-refractivity contribution is 5.71. The van der Waals surface area contributed by atoms with E-state index < -0.39 is 12.1 Å². The minimum atomic E-state index is -0.851. The average molecular weight is 1060 g/mol. The lowest BCUT2D eigenvalue weighted by atomic mass is 10.1. The van der Waals surface area contributed by atoms with E-state index in [2.05, 4.69) is 215 Å². The Balaban J connectivity index is 4.59. The molecule has 0 rings (SSSR count). The van der Waals surface area contributed by atoms with Gasteiger partial charge in [0, 0.05) is 19.3 Å². The number of rotatable bonds is 51. The van der Waals surface area contributed by atoms with Gasteiger partial charge in [0.05, 0.1) is 0 Å². The fraction of sp³-hybridized carbons (Fsp3) is 0.507. The van der Waals surface area contributed by atoms with E-state index >= 15 is 0 Å². The number of allylic oxidation sites excluding steroid dienone is 32. The predicted octanol–water partition coefficient (Wildman–Crippen LogP) is 20.6. The fourth-order valence-corrected chi connectivity index (χ4v) is 7.22. The molecule has 426 valence electrons. The van der Waals surface area contributed by atoms with E-state index in [1.54, 1.807) is 0 Å². The molecule has 0 aliphatic heterocycles. The SMILES string of the molecule is CC/C=C\C/C=C\C/C=C\C/C=C\C/C=C\C/C=C\CCCCCCCCC(=O)OCC(COC(=O)CCC/C=C\C/C=C\C/C=C\C/C=C\C/C=C\CC)OC(=O)CCC/C=C\C/C=C\C/C=C\C/C=C\C/C=C\CC. The minimum Gasteiger partial charge on any atom is -0.462 e. The van der Waals surface area contributed by atoms with Crippen LogP contribution in [-0.2, 0) is 28.6 Å². The molecule has 0 amide bonds. The van der Waals surface area contributed by atoms with Crippen LogP contribution in [0.5, 0.6) is 0 Å². The predicted molar refractivity (Wildman–Crippen MR) is 334 cm³/mol. The van der Waals surface area contributed by atoms with Crippen molar-refractivity contribution in [2.75, 3.05) is 13.2 Å². The molecule has 0 bridgehead atoms. The van der Waals surface area contributed by atoms with Gasteiger partial charge in [0.1, 0.15) is 13.2 Å². The third kappa shape index (κ3) is 61.0. The molecule has 6 heteroatoms. The molecule has 77 heavy (non-hydrogen) atoms. The molecule has 0 N–H and O–H groups in total. The van der Waals surface area contributed by atoms with Gasteiger partial charge in [0.25, 0.3) is 0 Å². The number of hydrogen-bond donors (Lipinski definition) is 0. The van der Waals surface area contributed by atoms with Gasteiger partial charge < -0.3 is 14.2 Å². The van der Waals surface area contributed by atoms with Gasteiger partial charge >= 0.3 is 17.9 Å². The first-order valence-electron chi connectivity index (χ1n) is 29.9. The molecule has 0 aromatic heterocycles. The second kappa shape index (κ2) is 62.8. The molecule has 0 aliphatic rings. The maximum absolute atomic E-state index is 12.9. The second-order valence-electron chi connectivity index (χ2n) is 18.8. The number of carbonyl (C=O) groups is 3. The van der Waals surface area contributed by atoms with E-state index in [-0.39, 0.29) is 38.0 Å². The van der Waals surface area contributed by atoms with Crippen LogP contribution in [0.4, 0.5) is 0 Å². The standard InChI is InChI=1S/C71H106O6/c1-4-7-10-13-16-19-22-25-28-31-32-33-34-35-36-37-38-41-43-46-49-52-55-58-61-64-70(73)76-67-68(77-71(74)65-62-59-56-53-50-47-44-40-30-27-24-21-18-15-12-9-6-3)66-75-69(72)63-60-57-54-51-48-45-42-39-29-26-23-20-17-14-11-8-5-2/h7-12,16-21,25-30,32-33,35-36,38,41-42,44-45,47,51,53-54,56,68H,4-6,13-15,22-24,31,34,37,39-40,43,46,48-50,52,55,57-67H2,1-3H3/b10-7-,11-8-,12-9-,19-16-,20-17-,21-18-,28-25-,29-26-,30-27-,33-32-,36-35-,41-38-,45-42-,47-44-,54-51-,56-53-. The normalized spacial score (nSPS) is 13.5. The van der Waals surface area contributed by atoms with Gasteiger partial charge in [-0.15, -0.1) is 0 Å². The summed E-state index contributed by atoms with van der Waals surface area (Å²) in [6.45, 7) is 6.16. The zero-order valence-electron chi connectivity index (χ0n) is 48.6. The van der Waals surface area contributed by atoms with Crippen molar-refractivity contribution < 1.29 is 28.6 Å². The molecule has 0 fully saturated rings. The summed E-state index contributed by atoms with van der Waals surface area (Å²) in [5.41, 5.74) is 0. The summed E-state index contributed by atoms with van der Waals surface area (Å²) in [6, 6.07) is 0. The molecule has 0 spiro atoms. The molecule has 0 heterocycles. The van der Waals surface area contributed by atoms with Crippen molar-refractivity contribution in [3.05, 3.63) is 194 Å². The van der Waals surface area contributed by atoms with Crippen molar-refractivity contribution >= 4 is 17.9 Å². The molecule has 0 aromatic carbocycles. The third-order valence-corrected chi connectivity index (χ3v) is 11.6. The molecule has 0 saturated heterocycles. The Morgan fingerprint density at radius 3 is 0.779 bits per heavy atom. The van der Waals surface area contributed by atoms with E-state index in [9.17, 15) is 14.4 Å². The average Bonchev–Trinajstić information content (AvgIpc) is 3.43. The van der Waals surface area contributed by atoms with Crippen molar-refractivity contribution in [1.29, 1.82) is 0 Å². The molecular formula is C71H106O6. The molecule has 0 aromatic rings. The first-order chi connectivity index (χ1) is 38.0. The summed E-state index contributed by atoms with van der Waals surface area (Å²) >= 11 is 0. The number of carbonyl (C=O) groups excluding carboxylic acids is 3. The van der Waals surface area contributed by atoms with Gasteiger partial charge in [0.15, 0.2) is 6.10 Å². The van der Waals surface area contributed by atoms with Gasteiger partial charge in [0.2, 0.25) is 0 Å². The van der Waals surface area contributed by atoms with Crippen molar-refractivity contribution in [3.63, 3.8) is 0 Å². The zero-order valence-corrected chi connectivity index (χ0v) is 48.6. The highest BCUT2D eigenvalue weighted by Gasteiger charge is 2.19. The van der Waals surface area contributed by atoms with Crippen LogP contribution >= 0.6 is 0 Å². The number of hydrogen-bond acceptors (Lipinski definition) is 6. The molecule has 0 aliphatic carbocycles. The number of esters is 3. The Hall–Kier alpha value is -5.75. The van der Waals surface area contributed by atoms with Gasteiger partial charge in [-0.25, -0.2) is 0 Å². The highest BCUT2D eigenvalue weighted by Crippen LogP contribution is 2.12. The third-order valence-electron chi connectivity index (χ3n) is 11.6. The van der Waals surface area contributed by atoms with Gasteiger partial charge in [-0.05, 0) is 148 Å². The topological polar surface area (TPSA) is 78.9 Å². The van der Waals surface area contributed by atoms with Crippen molar-refractivity contribution in [2.24, 2.45) is 0 Å². The van der Waals surface area contributed by atoms with Crippen LogP contribution < -0.4 is 0 Å².